The van der Waals surface area contributed by atoms with E-state index in [0.717, 1.165) is 28.2 Å². The molecule has 26 heavy (non-hydrogen) atoms. The summed E-state index contributed by atoms with van der Waals surface area (Å²) in [6, 6.07) is 6.02. The average Bonchev–Trinajstić information content (AvgIpc) is 3.11. The van der Waals surface area contributed by atoms with Crippen LogP contribution in [0.3, 0.4) is 0 Å². The largest absolute Gasteiger partial charge is 0.477 e. The van der Waals surface area contributed by atoms with Gasteiger partial charge in [-0.1, -0.05) is 12.1 Å². The molecule has 2 aromatic heterocycles. The quantitative estimate of drug-likeness (QED) is 0.751. The second-order valence-electron chi connectivity index (χ2n) is 5.54. The van der Waals surface area contributed by atoms with E-state index < -0.39 is 23.4 Å². The second kappa shape index (κ2) is 6.45. The van der Waals surface area contributed by atoms with Crippen LogP contribution in [0.2, 0.25) is 0 Å². The summed E-state index contributed by atoms with van der Waals surface area (Å²) in [5.41, 5.74) is -0.267. The third-order valence-corrected chi connectivity index (χ3v) is 4.91. The molecule has 0 amide bonds. The van der Waals surface area contributed by atoms with E-state index in [1.54, 1.807) is 13.0 Å². The van der Waals surface area contributed by atoms with Gasteiger partial charge in [-0.25, -0.2) is 18.8 Å². The van der Waals surface area contributed by atoms with Gasteiger partial charge < -0.3 is 5.11 Å². The zero-order valence-electron chi connectivity index (χ0n) is 13.3. The molecule has 6 nitrogen and oxygen atoms in total. The zero-order chi connectivity index (χ0) is 19.1. The molecule has 0 unspecified atom stereocenters. The summed E-state index contributed by atoms with van der Waals surface area (Å²) >= 11 is 0.944. The number of rotatable bonds is 4. The molecule has 0 aliphatic heterocycles. The minimum Gasteiger partial charge on any atom is -0.477 e. The fourth-order valence-corrected chi connectivity index (χ4v) is 3.34. The topological polar surface area (TPSA) is 77.1 Å². The number of carboxylic acid groups (broad SMARTS) is 1. The molecule has 1 aromatic carbocycles. The van der Waals surface area contributed by atoms with Crippen molar-refractivity contribution in [1.29, 1.82) is 0 Å². The van der Waals surface area contributed by atoms with Gasteiger partial charge in [0.2, 0.25) is 0 Å². The van der Waals surface area contributed by atoms with Crippen molar-refractivity contribution in [2.45, 2.75) is 19.6 Å². The van der Waals surface area contributed by atoms with Gasteiger partial charge in [-0.2, -0.15) is 18.3 Å². The second-order valence-corrected chi connectivity index (χ2v) is 6.57. The molecule has 0 radical (unpaired) electrons. The number of hydrogen-bond donors (Lipinski definition) is 1. The summed E-state index contributed by atoms with van der Waals surface area (Å²) in [5, 5.41) is 13.4. The zero-order valence-corrected chi connectivity index (χ0v) is 14.1. The number of carboxylic acids is 1. The highest BCUT2D eigenvalue weighted by atomic mass is 32.1. The Balaban J connectivity index is 1.87. The van der Waals surface area contributed by atoms with Gasteiger partial charge in [-0.3, -0.25) is 0 Å². The van der Waals surface area contributed by atoms with E-state index in [1.807, 2.05) is 0 Å². The Hall–Kier alpha value is -2.88. The standard InChI is InChI=1S/C16H12F3N3O3S/c1-9-6-12(26-13(9)14(23)24)21-8-20-22(15(21)25)7-10-2-4-11(5-3-10)16(17,18)19/h2-6,8H,7H2,1H3,(H,23,24). The molecule has 10 heteroatoms. The lowest BCUT2D eigenvalue weighted by Gasteiger charge is -2.07. The molecule has 0 aliphatic carbocycles. The van der Waals surface area contributed by atoms with Crippen molar-refractivity contribution >= 4 is 17.3 Å². The maximum absolute atomic E-state index is 12.6. The summed E-state index contributed by atoms with van der Waals surface area (Å²) in [6.45, 7) is 1.63. The SMILES string of the molecule is Cc1cc(-n2cnn(Cc3ccc(C(F)(F)F)cc3)c2=O)sc1C(=O)O. The fraction of sp³-hybridized carbons (Fsp3) is 0.188. The van der Waals surface area contributed by atoms with E-state index in [1.165, 1.54) is 23.0 Å². The highest BCUT2D eigenvalue weighted by molar-refractivity contribution is 7.16. The van der Waals surface area contributed by atoms with Crippen molar-refractivity contribution in [3.63, 3.8) is 0 Å². The van der Waals surface area contributed by atoms with E-state index in [0.29, 0.717) is 16.1 Å². The number of halogens is 3. The first-order valence-electron chi connectivity index (χ1n) is 7.31. The molecule has 1 N–H and O–H groups in total. The number of aromatic carboxylic acids is 1. The maximum atomic E-state index is 12.6. The first kappa shape index (κ1) is 17.9. The van der Waals surface area contributed by atoms with Crippen LogP contribution >= 0.6 is 11.3 Å². The molecule has 0 spiro atoms. The van der Waals surface area contributed by atoms with Crippen molar-refractivity contribution in [2.75, 3.05) is 0 Å². The highest BCUT2D eigenvalue weighted by Gasteiger charge is 2.29. The number of thiophene rings is 1. The third-order valence-electron chi connectivity index (χ3n) is 3.68. The molecule has 0 saturated heterocycles. The Morgan fingerprint density at radius 2 is 1.92 bits per heavy atom. The molecule has 136 valence electrons. The van der Waals surface area contributed by atoms with E-state index in [2.05, 4.69) is 5.10 Å². The van der Waals surface area contributed by atoms with Crippen molar-refractivity contribution in [2.24, 2.45) is 0 Å². The summed E-state index contributed by atoms with van der Waals surface area (Å²) < 4.78 is 40.0. The van der Waals surface area contributed by atoms with E-state index in [9.17, 15) is 22.8 Å². The predicted octanol–water partition coefficient (Wildman–Crippen LogP) is 3.17. The van der Waals surface area contributed by atoms with Crippen LogP contribution in [0.15, 0.2) is 41.5 Å². The summed E-state index contributed by atoms with van der Waals surface area (Å²) in [4.78, 5) is 23.7. The van der Waals surface area contributed by atoms with Crippen LogP contribution in [-0.4, -0.2) is 25.4 Å². The van der Waals surface area contributed by atoms with Gasteiger partial charge in [0, 0.05) is 0 Å². The Morgan fingerprint density at radius 3 is 2.46 bits per heavy atom. The number of carbonyl (C=O) groups is 1. The number of hydrogen-bond acceptors (Lipinski definition) is 4. The van der Waals surface area contributed by atoms with Gasteiger partial charge in [0.25, 0.3) is 0 Å². The van der Waals surface area contributed by atoms with Crippen LogP contribution in [0.5, 0.6) is 0 Å². The average molecular weight is 383 g/mol. The monoisotopic (exact) mass is 383 g/mol. The fourth-order valence-electron chi connectivity index (χ4n) is 2.37. The third kappa shape index (κ3) is 3.40. The number of aromatic nitrogens is 3. The van der Waals surface area contributed by atoms with Gasteiger partial charge in [0.05, 0.1) is 12.1 Å². The molecule has 0 atom stereocenters. The van der Waals surface area contributed by atoms with E-state index >= 15 is 0 Å². The summed E-state index contributed by atoms with van der Waals surface area (Å²) in [6.07, 6.45) is -3.17. The summed E-state index contributed by atoms with van der Waals surface area (Å²) in [7, 11) is 0. The van der Waals surface area contributed by atoms with E-state index in [-0.39, 0.29) is 11.4 Å². The van der Waals surface area contributed by atoms with Crippen LogP contribution in [0.25, 0.3) is 5.00 Å². The van der Waals surface area contributed by atoms with Gasteiger partial charge in [0.15, 0.2) is 0 Å². The molecule has 3 aromatic rings. The van der Waals surface area contributed by atoms with Crippen molar-refractivity contribution in [3.8, 4) is 5.00 Å². The van der Waals surface area contributed by atoms with Crippen LogP contribution in [0.4, 0.5) is 13.2 Å². The Morgan fingerprint density at radius 1 is 1.27 bits per heavy atom. The number of aryl methyl sites for hydroxylation is 1. The van der Waals surface area contributed by atoms with Gasteiger partial charge in [0.1, 0.15) is 16.2 Å². The highest BCUT2D eigenvalue weighted by Crippen LogP contribution is 2.29. The Kier molecular flexibility index (Phi) is 4.45. The van der Waals surface area contributed by atoms with Crippen LogP contribution in [-0.2, 0) is 12.7 Å². The lowest BCUT2D eigenvalue weighted by Crippen LogP contribution is -2.24. The van der Waals surface area contributed by atoms with Crippen LogP contribution < -0.4 is 5.69 Å². The first-order chi connectivity index (χ1) is 12.2. The molecular weight excluding hydrogens is 371 g/mol. The molecule has 0 fully saturated rings. The number of nitrogens with zero attached hydrogens (tertiary/aromatic N) is 3. The molecular formula is C16H12F3N3O3S. The lowest BCUT2D eigenvalue weighted by molar-refractivity contribution is -0.137. The molecule has 3 rings (SSSR count). The molecule has 0 saturated carbocycles. The smallest absolute Gasteiger partial charge is 0.416 e. The minimum absolute atomic E-state index is 0.000115. The predicted molar refractivity (Wildman–Crippen MR) is 87.9 cm³/mol. The molecule has 0 bridgehead atoms. The van der Waals surface area contributed by atoms with Gasteiger partial charge in [-0.05, 0) is 36.2 Å². The number of benzene rings is 1. The lowest BCUT2D eigenvalue weighted by atomic mass is 10.1. The van der Waals surface area contributed by atoms with E-state index in [4.69, 9.17) is 5.11 Å². The van der Waals surface area contributed by atoms with Gasteiger partial charge in [-0.15, -0.1) is 11.3 Å². The Labute approximate surface area is 148 Å². The molecule has 0 aliphatic rings. The van der Waals surface area contributed by atoms with Crippen LogP contribution in [0, 0.1) is 6.92 Å². The number of alkyl halides is 3. The first-order valence-corrected chi connectivity index (χ1v) is 8.13. The Bertz CT molecular complexity index is 1020. The van der Waals surface area contributed by atoms with Crippen molar-refractivity contribution < 1.29 is 23.1 Å². The molecule has 2 heterocycles. The summed E-state index contributed by atoms with van der Waals surface area (Å²) in [5.74, 6) is -1.08. The normalized spacial score (nSPS) is 11.7. The van der Waals surface area contributed by atoms with Gasteiger partial charge >= 0.3 is 17.8 Å². The minimum atomic E-state index is -4.42. The maximum Gasteiger partial charge on any atom is 0.416 e. The van der Waals surface area contributed by atoms with Crippen molar-refractivity contribution in [1.82, 2.24) is 14.3 Å². The van der Waals surface area contributed by atoms with Crippen LogP contribution in [0.1, 0.15) is 26.4 Å². The van der Waals surface area contributed by atoms with Crippen molar-refractivity contribution in [3.05, 3.63) is 68.7 Å².